The average molecular weight is 167 g/mol. The van der Waals surface area contributed by atoms with Crippen molar-refractivity contribution in [3.05, 3.63) is 0 Å². The normalized spacial score (nSPS) is 38.8. The maximum atomic E-state index is 2.56. The van der Waals surface area contributed by atoms with Crippen molar-refractivity contribution in [1.82, 2.24) is 4.90 Å². The van der Waals surface area contributed by atoms with Gasteiger partial charge in [0.15, 0.2) is 0 Å². The summed E-state index contributed by atoms with van der Waals surface area (Å²) < 4.78 is 0. The van der Waals surface area contributed by atoms with Gasteiger partial charge in [0, 0.05) is 13.1 Å². The number of hydrogen-bond acceptors (Lipinski definition) is 1. The molecule has 2 bridgehead atoms. The van der Waals surface area contributed by atoms with E-state index in [4.69, 9.17) is 0 Å². The van der Waals surface area contributed by atoms with E-state index in [-0.39, 0.29) is 0 Å². The van der Waals surface area contributed by atoms with Crippen molar-refractivity contribution >= 4 is 0 Å². The van der Waals surface area contributed by atoms with Gasteiger partial charge in [-0.1, -0.05) is 12.8 Å². The summed E-state index contributed by atoms with van der Waals surface area (Å²) in [4.78, 5) is 2.56. The van der Waals surface area contributed by atoms with Crippen LogP contribution in [0.5, 0.6) is 0 Å². The molecule has 2 unspecified atom stereocenters. The lowest BCUT2D eigenvalue weighted by Gasteiger charge is -2.18. The van der Waals surface area contributed by atoms with Gasteiger partial charge in [-0.3, -0.25) is 0 Å². The maximum absolute atomic E-state index is 2.56. The Labute approximate surface area is 76.1 Å². The van der Waals surface area contributed by atoms with Crippen LogP contribution in [0.2, 0.25) is 0 Å². The van der Waals surface area contributed by atoms with E-state index in [0.29, 0.717) is 0 Å². The third kappa shape index (κ3) is 2.01. The van der Waals surface area contributed by atoms with Crippen LogP contribution in [0, 0.1) is 11.8 Å². The summed E-state index contributed by atoms with van der Waals surface area (Å²) in [5.41, 5.74) is 0. The maximum Gasteiger partial charge on any atom is 0.000672 e. The van der Waals surface area contributed by atoms with E-state index in [9.17, 15) is 0 Å². The molecule has 1 aliphatic carbocycles. The van der Waals surface area contributed by atoms with Gasteiger partial charge in [0.2, 0.25) is 0 Å². The van der Waals surface area contributed by atoms with Crippen molar-refractivity contribution in [3.63, 3.8) is 0 Å². The quantitative estimate of drug-likeness (QED) is 0.536. The summed E-state index contributed by atoms with van der Waals surface area (Å²) in [7, 11) is 2.30. The van der Waals surface area contributed by atoms with Crippen molar-refractivity contribution in [2.45, 2.75) is 38.5 Å². The third-order valence-electron chi connectivity index (χ3n) is 3.60. The summed E-state index contributed by atoms with van der Waals surface area (Å²) in [6.45, 7) is 2.74. The van der Waals surface area contributed by atoms with Crippen LogP contribution in [-0.4, -0.2) is 25.0 Å². The van der Waals surface area contributed by atoms with Crippen LogP contribution < -0.4 is 0 Å². The Kier molecular flexibility index (Phi) is 2.69. The van der Waals surface area contributed by atoms with Gasteiger partial charge in [0.1, 0.15) is 0 Å². The molecule has 1 heterocycles. The minimum atomic E-state index is 1.03. The molecule has 0 aromatic carbocycles. The van der Waals surface area contributed by atoms with Gasteiger partial charge in [0.25, 0.3) is 0 Å². The number of likely N-dealkylation sites (tertiary alicyclic amines) is 1. The zero-order chi connectivity index (χ0) is 8.39. The van der Waals surface area contributed by atoms with Gasteiger partial charge < -0.3 is 4.90 Å². The first kappa shape index (κ1) is 8.55. The van der Waals surface area contributed by atoms with E-state index >= 15 is 0 Å². The van der Waals surface area contributed by atoms with Gasteiger partial charge in [-0.2, -0.15) is 0 Å². The van der Waals surface area contributed by atoms with E-state index in [1.54, 1.807) is 0 Å². The molecule has 1 nitrogen and oxygen atoms in total. The summed E-state index contributed by atoms with van der Waals surface area (Å²) in [5, 5.41) is 0. The summed E-state index contributed by atoms with van der Waals surface area (Å²) in [5.74, 6) is 2.06. The van der Waals surface area contributed by atoms with Gasteiger partial charge in [-0.15, -0.1) is 0 Å². The largest absolute Gasteiger partial charge is 0.306 e. The molecule has 0 spiro atoms. The Bertz CT molecular complexity index is 128. The van der Waals surface area contributed by atoms with Crippen LogP contribution >= 0.6 is 0 Å². The molecule has 2 rings (SSSR count). The number of nitrogens with zero attached hydrogens (tertiary/aromatic N) is 1. The van der Waals surface area contributed by atoms with Crippen LogP contribution in [0.1, 0.15) is 38.5 Å². The molecule has 0 aromatic heterocycles. The lowest BCUT2D eigenvalue weighted by atomic mass is 9.87. The Morgan fingerprint density at radius 3 is 1.83 bits per heavy atom. The molecule has 1 heteroatoms. The van der Waals surface area contributed by atoms with Crippen LogP contribution in [0.15, 0.2) is 0 Å². The highest BCUT2D eigenvalue weighted by Crippen LogP contribution is 2.30. The zero-order valence-corrected chi connectivity index (χ0v) is 8.26. The summed E-state index contributed by atoms with van der Waals surface area (Å²) in [6, 6.07) is 0. The Morgan fingerprint density at radius 2 is 1.33 bits per heavy atom. The predicted octanol–water partition coefficient (Wildman–Crippen LogP) is 2.52. The van der Waals surface area contributed by atoms with Crippen LogP contribution in [0.25, 0.3) is 0 Å². The fraction of sp³-hybridized carbons (Fsp3) is 1.00. The third-order valence-corrected chi connectivity index (χ3v) is 3.60. The lowest BCUT2D eigenvalue weighted by Crippen LogP contribution is -2.25. The standard InChI is InChI=1S/C11H21N/c1-12-8-10-4-2-3-5-11(9-12)7-6-10/h10-11H,2-9H2,1H3. The van der Waals surface area contributed by atoms with Crippen molar-refractivity contribution in [3.8, 4) is 0 Å². The van der Waals surface area contributed by atoms with Gasteiger partial charge in [-0.05, 0) is 44.6 Å². The number of fused-ring (bicyclic) bond motifs is 3. The first-order valence-electron chi connectivity index (χ1n) is 5.53. The summed E-state index contributed by atoms with van der Waals surface area (Å²) in [6.07, 6.45) is 9.00. The molecule has 1 aliphatic heterocycles. The summed E-state index contributed by atoms with van der Waals surface area (Å²) >= 11 is 0. The van der Waals surface area contributed by atoms with Crippen molar-refractivity contribution in [2.24, 2.45) is 11.8 Å². The number of hydrogen-bond donors (Lipinski definition) is 0. The van der Waals surface area contributed by atoms with E-state index in [1.165, 1.54) is 51.6 Å². The van der Waals surface area contributed by atoms with E-state index in [2.05, 4.69) is 11.9 Å². The molecule has 12 heavy (non-hydrogen) atoms. The van der Waals surface area contributed by atoms with Gasteiger partial charge >= 0.3 is 0 Å². The zero-order valence-electron chi connectivity index (χ0n) is 8.26. The van der Waals surface area contributed by atoms with Crippen LogP contribution in [0.4, 0.5) is 0 Å². The SMILES string of the molecule is CN1CC2CCCCC(CC2)C1. The fourth-order valence-corrected chi connectivity index (χ4v) is 2.95. The highest BCUT2D eigenvalue weighted by Gasteiger charge is 2.23. The highest BCUT2D eigenvalue weighted by atomic mass is 15.1. The first-order chi connectivity index (χ1) is 5.84. The average Bonchev–Trinajstić information content (AvgIpc) is 2.11. The van der Waals surface area contributed by atoms with Gasteiger partial charge in [-0.25, -0.2) is 0 Å². The molecule has 0 N–H and O–H groups in total. The van der Waals surface area contributed by atoms with Crippen molar-refractivity contribution in [1.29, 1.82) is 0 Å². The Balaban J connectivity index is 2.02. The Morgan fingerprint density at radius 1 is 0.833 bits per heavy atom. The molecule has 70 valence electrons. The van der Waals surface area contributed by atoms with E-state index < -0.39 is 0 Å². The van der Waals surface area contributed by atoms with Crippen molar-refractivity contribution in [2.75, 3.05) is 20.1 Å². The second-order valence-corrected chi connectivity index (χ2v) is 4.82. The van der Waals surface area contributed by atoms with E-state index in [0.717, 1.165) is 11.8 Å². The molecule has 0 aromatic rings. The van der Waals surface area contributed by atoms with Crippen LogP contribution in [-0.2, 0) is 0 Å². The molecule has 0 radical (unpaired) electrons. The molecule has 0 amide bonds. The topological polar surface area (TPSA) is 3.24 Å². The molecular formula is C11H21N. The molecule has 2 aliphatic rings. The minimum Gasteiger partial charge on any atom is -0.306 e. The molecule has 1 saturated carbocycles. The lowest BCUT2D eigenvalue weighted by molar-refractivity contribution is 0.276. The smallest absolute Gasteiger partial charge is 0.000672 e. The molecule has 1 saturated heterocycles. The minimum absolute atomic E-state index is 1.03. The number of rotatable bonds is 0. The Hall–Kier alpha value is -0.0400. The second-order valence-electron chi connectivity index (χ2n) is 4.82. The fourth-order valence-electron chi connectivity index (χ4n) is 2.95. The molecule has 2 atom stereocenters. The molecular weight excluding hydrogens is 146 g/mol. The monoisotopic (exact) mass is 167 g/mol. The van der Waals surface area contributed by atoms with Crippen molar-refractivity contribution < 1.29 is 0 Å². The predicted molar refractivity (Wildman–Crippen MR) is 52.2 cm³/mol. The van der Waals surface area contributed by atoms with E-state index in [1.807, 2.05) is 0 Å². The first-order valence-corrected chi connectivity index (χ1v) is 5.53. The van der Waals surface area contributed by atoms with Crippen LogP contribution in [0.3, 0.4) is 0 Å². The van der Waals surface area contributed by atoms with Gasteiger partial charge in [0.05, 0.1) is 0 Å². The molecule has 2 fully saturated rings. The highest BCUT2D eigenvalue weighted by molar-refractivity contribution is 4.77. The second kappa shape index (κ2) is 3.78.